The van der Waals surface area contributed by atoms with E-state index in [0.29, 0.717) is 13.1 Å². The summed E-state index contributed by atoms with van der Waals surface area (Å²) < 4.78 is 0. The predicted octanol–water partition coefficient (Wildman–Crippen LogP) is 2.48. The van der Waals surface area contributed by atoms with Gasteiger partial charge >= 0.3 is 0 Å². The first kappa shape index (κ1) is 14.3. The lowest BCUT2D eigenvalue weighted by molar-refractivity contribution is -0.125. The predicted molar refractivity (Wildman–Crippen MR) is 69.2 cm³/mol. The van der Waals surface area contributed by atoms with Crippen LogP contribution in [-0.2, 0) is 9.59 Å². The van der Waals surface area contributed by atoms with Crippen molar-refractivity contribution in [3.63, 3.8) is 0 Å². The molecular formula is C12H15Cl2NO2. The van der Waals surface area contributed by atoms with Gasteiger partial charge in [0.15, 0.2) is 4.87 Å². The summed E-state index contributed by atoms with van der Waals surface area (Å²) in [6.07, 6.45) is 1.55. The van der Waals surface area contributed by atoms with Crippen LogP contribution in [0.2, 0.25) is 0 Å². The van der Waals surface area contributed by atoms with Gasteiger partial charge in [0, 0.05) is 13.1 Å². The number of allylic oxidation sites excluding steroid dienone is 3. The van der Waals surface area contributed by atoms with Gasteiger partial charge in [-0.05, 0) is 20.3 Å². The monoisotopic (exact) mass is 275 g/mol. The summed E-state index contributed by atoms with van der Waals surface area (Å²) in [5.41, 5.74) is 0.235. The van der Waals surface area contributed by atoms with Crippen LogP contribution in [0.25, 0.3) is 0 Å². The van der Waals surface area contributed by atoms with Crippen molar-refractivity contribution in [2.75, 3.05) is 13.1 Å². The Morgan fingerprint density at radius 3 is 2.24 bits per heavy atom. The summed E-state index contributed by atoms with van der Waals surface area (Å²) >= 11 is 12.0. The second-order valence-corrected chi connectivity index (χ2v) is 4.81. The van der Waals surface area contributed by atoms with E-state index in [0.717, 1.165) is 0 Å². The maximum absolute atomic E-state index is 12.2. The Kier molecular flexibility index (Phi) is 4.39. The highest BCUT2D eigenvalue weighted by Crippen LogP contribution is 2.39. The van der Waals surface area contributed by atoms with Crippen molar-refractivity contribution in [1.82, 2.24) is 4.90 Å². The molecule has 0 aliphatic heterocycles. The molecule has 1 aliphatic carbocycles. The van der Waals surface area contributed by atoms with Crippen molar-refractivity contribution in [3.05, 3.63) is 23.4 Å². The molecule has 1 aliphatic rings. The van der Waals surface area contributed by atoms with Crippen LogP contribution in [0.4, 0.5) is 0 Å². The third kappa shape index (κ3) is 2.14. The molecule has 0 N–H and O–H groups in total. The number of carbonyl (C=O) groups excluding carboxylic acids is 2. The van der Waals surface area contributed by atoms with Crippen LogP contribution in [0.15, 0.2) is 23.4 Å². The largest absolute Gasteiger partial charge is 0.368 e. The Labute approximate surface area is 111 Å². The van der Waals surface area contributed by atoms with Crippen molar-refractivity contribution in [2.45, 2.75) is 25.1 Å². The number of nitrogens with zero attached hydrogens (tertiary/aromatic N) is 1. The molecule has 0 radical (unpaired) electrons. The van der Waals surface area contributed by atoms with Gasteiger partial charge < -0.3 is 4.90 Å². The molecule has 0 aromatic rings. The lowest BCUT2D eigenvalue weighted by Crippen LogP contribution is -2.38. The summed E-state index contributed by atoms with van der Waals surface area (Å²) in [6.45, 7) is 8.49. The van der Waals surface area contributed by atoms with Gasteiger partial charge in [0.25, 0.3) is 0 Å². The Morgan fingerprint density at radius 2 is 1.82 bits per heavy atom. The SMILES string of the molecule is C=CC[C@@]1(Cl)C(=O)C(Cl)=C(N(CC)CC)C1=O. The molecule has 0 amide bonds. The molecular weight excluding hydrogens is 261 g/mol. The molecule has 0 aromatic heterocycles. The number of alkyl halides is 1. The normalized spacial score (nSPS) is 24.5. The highest BCUT2D eigenvalue weighted by molar-refractivity contribution is 6.62. The van der Waals surface area contributed by atoms with Crippen LogP contribution in [0, 0.1) is 0 Å². The molecule has 0 fully saturated rings. The summed E-state index contributed by atoms with van der Waals surface area (Å²) in [6, 6.07) is 0. The molecule has 5 heteroatoms. The highest BCUT2D eigenvalue weighted by Gasteiger charge is 2.53. The molecule has 0 saturated carbocycles. The van der Waals surface area contributed by atoms with E-state index in [1.807, 2.05) is 13.8 Å². The number of ketones is 2. The molecule has 0 bridgehead atoms. The van der Waals surface area contributed by atoms with Gasteiger partial charge in [-0.25, -0.2) is 0 Å². The van der Waals surface area contributed by atoms with Crippen molar-refractivity contribution >= 4 is 34.8 Å². The molecule has 94 valence electrons. The first-order valence-corrected chi connectivity index (χ1v) is 6.23. The van der Waals surface area contributed by atoms with E-state index in [2.05, 4.69) is 6.58 Å². The van der Waals surface area contributed by atoms with Gasteiger partial charge in [-0.1, -0.05) is 17.7 Å². The summed E-state index contributed by atoms with van der Waals surface area (Å²) in [7, 11) is 0. The zero-order valence-corrected chi connectivity index (χ0v) is 11.4. The van der Waals surface area contributed by atoms with E-state index in [1.54, 1.807) is 4.90 Å². The minimum absolute atomic E-state index is 0.0597. The summed E-state index contributed by atoms with van der Waals surface area (Å²) in [5.74, 6) is -0.939. The average molecular weight is 276 g/mol. The van der Waals surface area contributed by atoms with Crippen molar-refractivity contribution in [3.8, 4) is 0 Å². The molecule has 0 heterocycles. The second kappa shape index (κ2) is 5.23. The molecule has 1 rings (SSSR count). The Hall–Kier alpha value is -0.800. The van der Waals surface area contributed by atoms with Gasteiger partial charge in [-0.3, -0.25) is 9.59 Å². The average Bonchev–Trinajstić information content (AvgIpc) is 2.47. The van der Waals surface area contributed by atoms with E-state index in [-0.39, 0.29) is 17.2 Å². The molecule has 17 heavy (non-hydrogen) atoms. The van der Waals surface area contributed by atoms with Gasteiger partial charge in [0.05, 0.1) is 0 Å². The molecule has 1 atom stereocenters. The Balaban J connectivity index is 3.21. The lowest BCUT2D eigenvalue weighted by Gasteiger charge is -2.23. The number of rotatable bonds is 5. The van der Waals surface area contributed by atoms with E-state index in [4.69, 9.17) is 23.2 Å². The summed E-state index contributed by atoms with van der Waals surface area (Å²) in [4.78, 5) is 24.3. The first-order valence-electron chi connectivity index (χ1n) is 5.48. The van der Waals surface area contributed by atoms with E-state index in [9.17, 15) is 9.59 Å². The smallest absolute Gasteiger partial charge is 0.209 e. The van der Waals surface area contributed by atoms with E-state index in [1.165, 1.54) is 6.08 Å². The van der Waals surface area contributed by atoms with Gasteiger partial charge in [-0.15, -0.1) is 18.2 Å². The van der Waals surface area contributed by atoms with E-state index < -0.39 is 16.4 Å². The van der Waals surface area contributed by atoms with Crippen molar-refractivity contribution < 1.29 is 9.59 Å². The number of hydrogen-bond acceptors (Lipinski definition) is 3. The van der Waals surface area contributed by atoms with Crippen molar-refractivity contribution in [2.24, 2.45) is 0 Å². The third-order valence-electron chi connectivity index (χ3n) is 2.85. The number of likely N-dealkylation sites (N-methyl/N-ethyl adjacent to an activating group) is 1. The fourth-order valence-electron chi connectivity index (χ4n) is 1.88. The molecule has 0 aromatic carbocycles. The first-order chi connectivity index (χ1) is 7.93. The minimum atomic E-state index is -1.59. The fourth-order valence-corrected chi connectivity index (χ4v) is 2.59. The molecule has 0 spiro atoms. The number of halogens is 2. The van der Waals surface area contributed by atoms with Crippen LogP contribution in [0.1, 0.15) is 20.3 Å². The van der Waals surface area contributed by atoms with Crippen LogP contribution >= 0.6 is 23.2 Å². The second-order valence-electron chi connectivity index (χ2n) is 3.79. The van der Waals surface area contributed by atoms with Crippen LogP contribution in [0.5, 0.6) is 0 Å². The summed E-state index contributed by atoms with van der Waals surface area (Å²) in [5, 5.41) is -0.0597. The van der Waals surface area contributed by atoms with Crippen LogP contribution in [-0.4, -0.2) is 34.4 Å². The quantitative estimate of drug-likeness (QED) is 0.440. The zero-order valence-electron chi connectivity index (χ0n) is 9.93. The van der Waals surface area contributed by atoms with Crippen LogP contribution < -0.4 is 0 Å². The third-order valence-corrected chi connectivity index (χ3v) is 3.70. The fraction of sp³-hybridized carbons (Fsp3) is 0.500. The highest BCUT2D eigenvalue weighted by atomic mass is 35.5. The molecule has 3 nitrogen and oxygen atoms in total. The zero-order chi connectivity index (χ0) is 13.2. The number of Topliss-reactive ketones (excluding diaryl/α,β-unsaturated/α-hetero) is 2. The Bertz CT molecular complexity index is 399. The number of hydrogen-bond donors (Lipinski definition) is 0. The minimum Gasteiger partial charge on any atom is -0.368 e. The standard InChI is InChI=1S/C12H15Cl2NO2/c1-4-7-12(14)10(16)8(13)9(11(12)17)15(5-2)6-3/h4H,1,5-7H2,2-3H3/t12-/m1/s1. The van der Waals surface area contributed by atoms with Crippen LogP contribution in [0.3, 0.4) is 0 Å². The van der Waals surface area contributed by atoms with Crippen molar-refractivity contribution in [1.29, 1.82) is 0 Å². The van der Waals surface area contributed by atoms with Gasteiger partial charge in [0.2, 0.25) is 11.6 Å². The molecule has 0 saturated heterocycles. The van der Waals surface area contributed by atoms with Gasteiger partial charge in [-0.2, -0.15) is 0 Å². The topological polar surface area (TPSA) is 37.4 Å². The van der Waals surface area contributed by atoms with E-state index >= 15 is 0 Å². The lowest BCUT2D eigenvalue weighted by atomic mass is 9.99. The van der Waals surface area contributed by atoms with Gasteiger partial charge in [0.1, 0.15) is 10.7 Å². The Morgan fingerprint density at radius 1 is 1.29 bits per heavy atom. The maximum Gasteiger partial charge on any atom is 0.209 e. The molecule has 0 unspecified atom stereocenters. The number of carbonyl (C=O) groups is 2. The maximum atomic E-state index is 12.2.